The van der Waals surface area contributed by atoms with Gasteiger partial charge in [0.1, 0.15) is 0 Å². The summed E-state index contributed by atoms with van der Waals surface area (Å²) in [6.07, 6.45) is 0.955. The molecule has 4 nitrogen and oxygen atoms in total. The molecule has 2 amide bonds. The molecule has 0 saturated carbocycles. The summed E-state index contributed by atoms with van der Waals surface area (Å²) in [6, 6.07) is 14.6. The zero-order chi connectivity index (χ0) is 16.8. The van der Waals surface area contributed by atoms with Gasteiger partial charge < -0.3 is 10.6 Å². The van der Waals surface area contributed by atoms with E-state index in [1.54, 1.807) is 18.2 Å². The molecule has 1 atom stereocenters. The van der Waals surface area contributed by atoms with E-state index in [0.29, 0.717) is 17.3 Å². The topological polar surface area (TPSA) is 58.2 Å². The van der Waals surface area contributed by atoms with Gasteiger partial charge in [0.2, 0.25) is 0 Å². The molecule has 0 spiro atoms. The second-order valence-corrected chi connectivity index (χ2v) is 6.23. The Balaban J connectivity index is 2.08. The summed E-state index contributed by atoms with van der Waals surface area (Å²) < 4.78 is 0.831. The van der Waals surface area contributed by atoms with Crippen molar-refractivity contribution < 1.29 is 9.59 Å². The summed E-state index contributed by atoms with van der Waals surface area (Å²) in [5, 5.41) is 5.28. The average Bonchev–Trinajstić information content (AvgIpc) is 2.54. The van der Waals surface area contributed by atoms with Crippen molar-refractivity contribution >= 4 is 39.1 Å². The van der Waals surface area contributed by atoms with Gasteiger partial charge in [0.15, 0.2) is 0 Å². The molecule has 5 heteroatoms. The first-order valence-electron chi connectivity index (χ1n) is 7.48. The van der Waals surface area contributed by atoms with E-state index in [1.165, 1.54) is 0 Å². The highest BCUT2D eigenvalue weighted by molar-refractivity contribution is 9.10. The largest absolute Gasteiger partial charge is 0.318 e. The van der Waals surface area contributed by atoms with Gasteiger partial charge in [-0.05, 0) is 42.2 Å². The van der Waals surface area contributed by atoms with Crippen LogP contribution in [0.1, 0.15) is 31.7 Å². The number of halogens is 1. The minimum atomic E-state index is -0.693. The summed E-state index contributed by atoms with van der Waals surface area (Å²) >= 11 is 3.32. The Morgan fingerprint density at radius 1 is 1.04 bits per heavy atom. The second kappa shape index (κ2) is 7.92. The fraction of sp³-hybridized carbons (Fsp3) is 0.222. The first-order valence-corrected chi connectivity index (χ1v) is 8.27. The number of carbonyl (C=O) groups is 2. The van der Waals surface area contributed by atoms with Crippen LogP contribution in [0.25, 0.3) is 0 Å². The smallest absolute Gasteiger partial charge is 0.314 e. The van der Waals surface area contributed by atoms with Crippen molar-refractivity contribution in [2.75, 3.05) is 10.6 Å². The number of hydrogen-bond donors (Lipinski definition) is 2. The van der Waals surface area contributed by atoms with Gasteiger partial charge >= 0.3 is 11.8 Å². The third-order valence-corrected chi connectivity index (χ3v) is 4.13. The summed E-state index contributed by atoms with van der Waals surface area (Å²) in [4.78, 5) is 24.2. The maximum Gasteiger partial charge on any atom is 0.314 e. The van der Waals surface area contributed by atoms with Crippen molar-refractivity contribution in [1.82, 2.24) is 0 Å². The molecule has 2 aromatic rings. The Kier molecular flexibility index (Phi) is 5.93. The van der Waals surface area contributed by atoms with Gasteiger partial charge in [-0.25, -0.2) is 0 Å². The van der Waals surface area contributed by atoms with Gasteiger partial charge in [0.25, 0.3) is 0 Å². The lowest BCUT2D eigenvalue weighted by Gasteiger charge is -2.15. The van der Waals surface area contributed by atoms with Crippen LogP contribution in [0.5, 0.6) is 0 Å². The first-order chi connectivity index (χ1) is 11.0. The molecule has 0 aliphatic heterocycles. The number of rotatable bonds is 4. The maximum absolute atomic E-state index is 12.1. The highest BCUT2D eigenvalue weighted by Gasteiger charge is 2.17. The molecule has 0 aliphatic carbocycles. The number of anilines is 2. The summed E-state index contributed by atoms with van der Waals surface area (Å²) in [5.41, 5.74) is 2.27. The summed E-state index contributed by atoms with van der Waals surface area (Å²) in [7, 11) is 0. The third-order valence-electron chi connectivity index (χ3n) is 3.64. The average molecular weight is 375 g/mol. The second-order valence-electron chi connectivity index (χ2n) is 5.32. The van der Waals surface area contributed by atoms with Gasteiger partial charge in [0, 0.05) is 15.8 Å². The van der Waals surface area contributed by atoms with Gasteiger partial charge in [-0.3, -0.25) is 9.59 Å². The zero-order valence-corrected chi connectivity index (χ0v) is 14.7. The van der Waals surface area contributed by atoms with E-state index in [9.17, 15) is 9.59 Å². The van der Waals surface area contributed by atoms with E-state index >= 15 is 0 Å². The van der Waals surface area contributed by atoms with Crippen LogP contribution in [-0.4, -0.2) is 11.8 Å². The van der Waals surface area contributed by atoms with Crippen molar-refractivity contribution in [2.24, 2.45) is 0 Å². The molecule has 0 heterocycles. The number of amides is 2. The Morgan fingerprint density at radius 2 is 1.74 bits per heavy atom. The fourth-order valence-electron chi connectivity index (χ4n) is 2.19. The molecule has 120 valence electrons. The van der Waals surface area contributed by atoms with Crippen molar-refractivity contribution in [3.8, 4) is 0 Å². The predicted octanol–water partition coefficient (Wildman–Crippen LogP) is 4.54. The molecule has 1 unspecified atom stereocenters. The van der Waals surface area contributed by atoms with E-state index in [1.807, 2.05) is 30.3 Å². The van der Waals surface area contributed by atoms with E-state index < -0.39 is 11.8 Å². The van der Waals surface area contributed by atoms with E-state index in [0.717, 1.165) is 16.5 Å². The molecule has 2 rings (SSSR count). The molecule has 2 aromatic carbocycles. The Bertz CT molecular complexity index is 716. The molecule has 0 bridgehead atoms. The molecule has 0 saturated heterocycles. The summed E-state index contributed by atoms with van der Waals surface area (Å²) in [6.45, 7) is 4.18. The number of nitrogens with one attached hydrogen (secondary N) is 2. The molecule has 23 heavy (non-hydrogen) atoms. The lowest BCUT2D eigenvalue weighted by molar-refractivity contribution is -0.133. The molecule has 2 N–H and O–H groups in total. The lowest BCUT2D eigenvalue weighted by Crippen LogP contribution is -2.29. The lowest BCUT2D eigenvalue weighted by atomic mass is 9.97. The molecular weight excluding hydrogens is 356 g/mol. The number of carbonyl (C=O) groups excluding carboxylic acids is 2. The van der Waals surface area contributed by atoms with Crippen LogP contribution < -0.4 is 10.6 Å². The van der Waals surface area contributed by atoms with Crippen LogP contribution in [0.15, 0.2) is 53.0 Å². The first kappa shape index (κ1) is 17.2. The van der Waals surface area contributed by atoms with Crippen molar-refractivity contribution in [1.29, 1.82) is 0 Å². The number of benzene rings is 2. The van der Waals surface area contributed by atoms with Crippen LogP contribution in [0.2, 0.25) is 0 Å². The number of hydrogen-bond acceptors (Lipinski definition) is 2. The molecule has 0 radical (unpaired) electrons. The standard InChI is InChI=1S/C18H19BrN2O2/c1-3-12(2)15-9-4-5-10-16(15)21-18(23)17(22)20-14-8-6-7-13(19)11-14/h4-12H,3H2,1-2H3,(H,20,22)(H,21,23). The Morgan fingerprint density at radius 3 is 2.43 bits per heavy atom. The van der Waals surface area contributed by atoms with E-state index in [-0.39, 0.29) is 0 Å². The quantitative estimate of drug-likeness (QED) is 0.771. The highest BCUT2D eigenvalue weighted by atomic mass is 79.9. The maximum atomic E-state index is 12.1. The molecule has 0 aliphatic rings. The van der Waals surface area contributed by atoms with Crippen LogP contribution in [0.3, 0.4) is 0 Å². The van der Waals surface area contributed by atoms with Crippen molar-refractivity contribution in [2.45, 2.75) is 26.2 Å². The Labute approximate surface area is 144 Å². The predicted molar refractivity (Wildman–Crippen MR) is 96.5 cm³/mol. The molecule has 0 aromatic heterocycles. The van der Waals surface area contributed by atoms with Crippen LogP contribution in [0, 0.1) is 0 Å². The normalized spacial score (nSPS) is 11.6. The minimum Gasteiger partial charge on any atom is -0.318 e. The van der Waals surface area contributed by atoms with Crippen molar-refractivity contribution in [3.63, 3.8) is 0 Å². The van der Waals surface area contributed by atoms with Crippen LogP contribution >= 0.6 is 15.9 Å². The van der Waals surface area contributed by atoms with Gasteiger partial charge in [0.05, 0.1) is 0 Å². The van der Waals surface area contributed by atoms with Gasteiger partial charge in [-0.2, -0.15) is 0 Å². The van der Waals surface area contributed by atoms with Crippen LogP contribution in [0.4, 0.5) is 11.4 Å². The van der Waals surface area contributed by atoms with Crippen molar-refractivity contribution in [3.05, 3.63) is 58.6 Å². The minimum absolute atomic E-state index is 0.305. The van der Waals surface area contributed by atoms with Gasteiger partial charge in [-0.1, -0.05) is 54.0 Å². The van der Waals surface area contributed by atoms with Crippen LogP contribution in [-0.2, 0) is 9.59 Å². The van der Waals surface area contributed by atoms with Gasteiger partial charge in [-0.15, -0.1) is 0 Å². The fourth-order valence-corrected chi connectivity index (χ4v) is 2.59. The van der Waals surface area contributed by atoms with E-state index in [4.69, 9.17) is 0 Å². The Hall–Kier alpha value is -2.14. The highest BCUT2D eigenvalue weighted by Crippen LogP contribution is 2.26. The zero-order valence-electron chi connectivity index (χ0n) is 13.1. The summed E-state index contributed by atoms with van der Waals surface area (Å²) in [5.74, 6) is -1.07. The SMILES string of the molecule is CCC(C)c1ccccc1NC(=O)C(=O)Nc1cccc(Br)c1. The number of para-hydroxylation sites is 1. The molecular formula is C18H19BrN2O2. The van der Waals surface area contributed by atoms with E-state index in [2.05, 4.69) is 40.4 Å². The molecule has 0 fully saturated rings. The monoisotopic (exact) mass is 374 g/mol. The third kappa shape index (κ3) is 4.66.